The van der Waals surface area contributed by atoms with Crippen LogP contribution in [0.5, 0.6) is 0 Å². The highest BCUT2D eigenvalue weighted by Gasteiger charge is 2.16. The fourth-order valence-corrected chi connectivity index (χ4v) is 2.10. The molecule has 0 saturated carbocycles. The number of aromatic amines is 1. The van der Waals surface area contributed by atoms with Gasteiger partial charge in [-0.15, -0.1) is 0 Å². The normalized spacial score (nSPS) is 16.7. The van der Waals surface area contributed by atoms with Crippen molar-refractivity contribution in [2.75, 3.05) is 13.1 Å². The third-order valence-electron chi connectivity index (χ3n) is 2.95. The molecule has 1 aromatic heterocycles. The maximum Gasteiger partial charge on any atom is 0.227 e. The van der Waals surface area contributed by atoms with Gasteiger partial charge in [-0.25, -0.2) is 0 Å². The summed E-state index contributed by atoms with van der Waals surface area (Å²) < 4.78 is 0. The second-order valence-electron chi connectivity index (χ2n) is 4.31. The number of amides is 1. The van der Waals surface area contributed by atoms with E-state index in [1.54, 1.807) is 0 Å². The summed E-state index contributed by atoms with van der Waals surface area (Å²) in [6, 6.07) is 2.04. The van der Waals surface area contributed by atoms with Gasteiger partial charge >= 0.3 is 0 Å². The van der Waals surface area contributed by atoms with E-state index in [0.717, 1.165) is 37.2 Å². The van der Waals surface area contributed by atoms with Crippen LogP contribution in [0.3, 0.4) is 0 Å². The molecule has 0 radical (unpaired) electrons. The van der Waals surface area contributed by atoms with Crippen molar-refractivity contribution in [1.82, 2.24) is 9.88 Å². The Morgan fingerprint density at radius 2 is 2.13 bits per heavy atom. The molecule has 0 aromatic carbocycles. The number of nitrogens with zero attached hydrogens (tertiary/aromatic N) is 1. The summed E-state index contributed by atoms with van der Waals surface area (Å²) in [6.07, 6.45) is 6.07. The van der Waals surface area contributed by atoms with Crippen LogP contribution >= 0.6 is 0 Å². The van der Waals surface area contributed by atoms with E-state index < -0.39 is 0 Å². The molecule has 3 nitrogen and oxygen atoms in total. The van der Waals surface area contributed by atoms with Crippen molar-refractivity contribution in [3.8, 4) is 0 Å². The first-order chi connectivity index (χ1) is 7.25. The Balaban J connectivity index is 1.91. The fourth-order valence-electron chi connectivity index (χ4n) is 2.10. The molecule has 1 aliphatic rings. The van der Waals surface area contributed by atoms with E-state index >= 15 is 0 Å². The maximum atomic E-state index is 11.9. The number of aryl methyl sites for hydroxylation is 1. The van der Waals surface area contributed by atoms with E-state index in [2.05, 4.69) is 4.98 Å². The molecular weight excluding hydrogens is 188 g/mol. The number of carbonyl (C=O) groups excluding carboxylic acids is 1. The average Bonchev–Trinajstić information content (AvgIpc) is 2.65. The number of aromatic nitrogens is 1. The number of rotatable bonds is 2. The van der Waals surface area contributed by atoms with Crippen molar-refractivity contribution in [2.45, 2.75) is 32.6 Å². The third-order valence-corrected chi connectivity index (χ3v) is 2.95. The van der Waals surface area contributed by atoms with Gasteiger partial charge in [-0.05, 0) is 37.8 Å². The summed E-state index contributed by atoms with van der Waals surface area (Å²) in [4.78, 5) is 17.0. The molecule has 0 aliphatic carbocycles. The van der Waals surface area contributed by atoms with Crippen LogP contribution in [-0.4, -0.2) is 28.9 Å². The summed E-state index contributed by atoms with van der Waals surface area (Å²) in [5.74, 6) is 0.272. The maximum absolute atomic E-state index is 11.9. The van der Waals surface area contributed by atoms with E-state index in [1.165, 1.54) is 6.42 Å². The van der Waals surface area contributed by atoms with Crippen molar-refractivity contribution in [3.63, 3.8) is 0 Å². The quantitative estimate of drug-likeness (QED) is 0.788. The number of hydrogen-bond acceptors (Lipinski definition) is 1. The predicted octanol–water partition coefficient (Wildman–Crippen LogP) is 1.88. The minimum absolute atomic E-state index is 0.272. The number of H-pyrrole nitrogens is 1. The van der Waals surface area contributed by atoms with E-state index in [9.17, 15) is 4.79 Å². The van der Waals surface area contributed by atoms with Gasteiger partial charge in [0.2, 0.25) is 5.91 Å². The van der Waals surface area contributed by atoms with Crippen LogP contribution in [0.25, 0.3) is 0 Å². The third kappa shape index (κ3) is 2.61. The molecule has 1 saturated heterocycles. The highest BCUT2D eigenvalue weighted by atomic mass is 16.2. The number of hydrogen-bond donors (Lipinski definition) is 1. The lowest BCUT2D eigenvalue weighted by Gasteiger charge is -2.26. The van der Waals surface area contributed by atoms with E-state index in [1.807, 2.05) is 24.1 Å². The first-order valence-electron chi connectivity index (χ1n) is 5.67. The second-order valence-corrected chi connectivity index (χ2v) is 4.31. The Kier molecular flexibility index (Phi) is 3.09. The van der Waals surface area contributed by atoms with Gasteiger partial charge in [-0.3, -0.25) is 4.79 Å². The highest BCUT2D eigenvalue weighted by molar-refractivity contribution is 5.78. The number of piperidine rings is 1. The van der Waals surface area contributed by atoms with Crippen LogP contribution in [-0.2, 0) is 11.2 Å². The van der Waals surface area contributed by atoms with Gasteiger partial charge in [-0.2, -0.15) is 0 Å². The molecule has 0 unspecified atom stereocenters. The average molecular weight is 206 g/mol. The molecule has 0 spiro atoms. The molecule has 1 N–H and O–H groups in total. The topological polar surface area (TPSA) is 36.1 Å². The van der Waals surface area contributed by atoms with Crippen LogP contribution in [0, 0.1) is 6.92 Å². The molecule has 0 bridgehead atoms. The lowest BCUT2D eigenvalue weighted by molar-refractivity contribution is -0.131. The number of nitrogens with one attached hydrogen (secondary N) is 1. The van der Waals surface area contributed by atoms with Gasteiger partial charge in [0.1, 0.15) is 0 Å². The summed E-state index contributed by atoms with van der Waals surface area (Å²) in [5.41, 5.74) is 2.22. The van der Waals surface area contributed by atoms with Crippen LogP contribution in [0.1, 0.15) is 30.5 Å². The lowest BCUT2D eigenvalue weighted by atomic mass is 10.1. The standard InChI is InChI=1S/C12H18N2O/c1-10-7-11(9-13-10)8-12(15)14-5-3-2-4-6-14/h7,9,13H,2-6,8H2,1H3. The molecule has 2 heterocycles. The number of likely N-dealkylation sites (tertiary alicyclic amines) is 1. The van der Waals surface area contributed by atoms with Crippen molar-refractivity contribution in [1.29, 1.82) is 0 Å². The van der Waals surface area contributed by atoms with Crippen LogP contribution in [0.4, 0.5) is 0 Å². The van der Waals surface area contributed by atoms with Gasteiger partial charge in [-0.1, -0.05) is 0 Å². The Bertz CT molecular complexity index is 337. The minimum atomic E-state index is 0.272. The molecule has 1 amide bonds. The first kappa shape index (κ1) is 10.3. The van der Waals surface area contributed by atoms with Crippen molar-refractivity contribution >= 4 is 5.91 Å². The molecule has 82 valence electrons. The van der Waals surface area contributed by atoms with Crippen LogP contribution in [0.15, 0.2) is 12.3 Å². The monoisotopic (exact) mass is 206 g/mol. The summed E-state index contributed by atoms with van der Waals surface area (Å²) in [7, 11) is 0. The molecule has 1 aliphatic heterocycles. The van der Waals surface area contributed by atoms with Crippen LogP contribution in [0.2, 0.25) is 0 Å². The van der Waals surface area contributed by atoms with Crippen molar-refractivity contribution < 1.29 is 4.79 Å². The molecule has 0 atom stereocenters. The molecular formula is C12H18N2O. The van der Waals surface area contributed by atoms with Crippen molar-refractivity contribution in [2.24, 2.45) is 0 Å². The molecule has 2 rings (SSSR count). The predicted molar refractivity (Wildman–Crippen MR) is 59.7 cm³/mol. The van der Waals surface area contributed by atoms with Gasteiger partial charge in [0.05, 0.1) is 6.42 Å². The largest absolute Gasteiger partial charge is 0.365 e. The van der Waals surface area contributed by atoms with Gasteiger partial charge in [0.15, 0.2) is 0 Å². The molecule has 1 fully saturated rings. The zero-order valence-electron chi connectivity index (χ0n) is 9.25. The fraction of sp³-hybridized carbons (Fsp3) is 0.583. The first-order valence-corrected chi connectivity index (χ1v) is 5.67. The highest BCUT2D eigenvalue weighted by Crippen LogP contribution is 2.11. The van der Waals surface area contributed by atoms with Crippen molar-refractivity contribution in [3.05, 3.63) is 23.5 Å². The zero-order chi connectivity index (χ0) is 10.7. The summed E-state index contributed by atoms with van der Waals surface area (Å²) >= 11 is 0. The lowest BCUT2D eigenvalue weighted by Crippen LogP contribution is -2.36. The van der Waals surface area contributed by atoms with E-state index in [-0.39, 0.29) is 5.91 Å². The smallest absolute Gasteiger partial charge is 0.227 e. The van der Waals surface area contributed by atoms with Gasteiger partial charge < -0.3 is 9.88 Å². The number of carbonyl (C=O) groups is 1. The second kappa shape index (κ2) is 4.51. The Morgan fingerprint density at radius 3 is 2.73 bits per heavy atom. The Hall–Kier alpha value is -1.25. The van der Waals surface area contributed by atoms with Gasteiger partial charge in [0, 0.05) is 25.0 Å². The van der Waals surface area contributed by atoms with Gasteiger partial charge in [0.25, 0.3) is 0 Å². The van der Waals surface area contributed by atoms with Crippen LogP contribution < -0.4 is 0 Å². The van der Waals surface area contributed by atoms with E-state index in [4.69, 9.17) is 0 Å². The zero-order valence-corrected chi connectivity index (χ0v) is 9.25. The molecule has 3 heteroatoms. The Morgan fingerprint density at radius 1 is 1.40 bits per heavy atom. The summed E-state index contributed by atoms with van der Waals surface area (Å²) in [5, 5.41) is 0. The minimum Gasteiger partial charge on any atom is -0.365 e. The molecule has 15 heavy (non-hydrogen) atoms. The molecule has 1 aromatic rings. The summed E-state index contributed by atoms with van der Waals surface area (Å²) in [6.45, 7) is 3.90. The Labute approximate surface area is 90.5 Å². The SMILES string of the molecule is Cc1cc(CC(=O)N2CCCCC2)c[nH]1. The van der Waals surface area contributed by atoms with E-state index in [0.29, 0.717) is 6.42 Å².